The van der Waals surface area contributed by atoms with Crippen LogP contribution in [0.2, 0.25) is 10.0 Å². The van der Waals surface area contributed by atoms with Crippen LogP contribution in [-0.4, -0.2) is 5.51 Å². The van der Waals surface area contributed by atoms with Crippen molar-refractivity contribution in [2.45, 2.75) is 17.3 Å². The van der Waals surface area contributed by atoms with E-state index in [-0.39, 0.29) is 26.7 Å². The summed E-state index contributed by atoms with van der Waals surface area (Å²) in [6, 6.07) is 2.56. The molecule has 0 spiro atoms. The molecule has 6 heteroatoms. The van der Waals surface area contributed by atoms with E-state index in [1.165, 1.54) is 12.1 Å². The second kappa shape index (κ2) is 4.21. The van der Waals surface area contributed by atoms with E-state index in [0.717, 1.165) is 0 Å². The quantitative estimate of drug-likeness (QED) is 0.647. The zero-order chi connectivity index (χ0) is 10.9. The monoisotopic (exact) mass is 260 g/mol. The average molecular weight is 261 g/mol. The Balaban J connectivity index is 3.02. The maximum atomic E-state index is 12.0. The Morgan fingerprint density at radius 2 is 1.79 bits per heavy atom. The van der Waals surface area contributed by atoms with Crippen molar-refractivity contribution in [2.24, 2.45) is 0 Å². The molecule has 0 heterocycles. The Morgan fingerprint density at radius 1 is 1.21 bits per heavy atom. The molecule has 0 aliphatic heterocycles. The number of benzene rings is 1. The highest BCUT2D eigenvalue weighted by Gasteiger charge is 2.29. The average Bonchev–Trinajstić information content (AvgIpc) is 1.96. The minimum absolute atomic E-state index is 0.0457. The zero-order valence-corrected chi connectivity index (χ0v) is 9.28. The van der Waals surface area contributed by atoms with Gasteiger partial charge in [0.05, 0.1) is 10.0 Å². The van der Waals surface area contributed by atoms with Gasteiger partial charge in [-0.05, 0) is 36.4 Å². The summed E-state index contributed by atoms with van der Waals surface area (Å²) in [6.45, 7) is 1.61. The van der Waals surface area contributed by atoms with Gasteiger partial charge in [-0.1, -0.05) is 23.2 Å². The number of hydrogen-bond donors (Lipinski definition) is 0. The number of rotatable bonds is 1. The van der Waals surface area contributed by atoms with Gasteiger partial charge >= 0.3 is 5.51 Å². The lowest BCUT2D eigenvalue weighted by Crippen LogP contribution is -1.99. The van der Waals surface area contributed by atoms with Gasteiger partial charge in [-0.3, -0.25) is 0 Å². The molecule has 1 aromatic rings. The molecule has 0 aliphatic rings. The van der Waals surface area contributed by atoms with Crippen LogP contribution in [0.4, 0.5) is 13.2 Å². The van der Waals surface area contributed by atoms with Gasteiger partial charge in [-0.2, -0.15) is 13.2 Å². The van der Waals surface area contributed by atoms with Crippen LogP contribution in [0.5, 0.6) is 0 Å². The van der Waals surface area contributed by atoms with Gasteiger partial charge in [0.15, 0.2) is 0 Å². The van der Waals surface area contributed by atoms with Crippen molar-refractivity contribution in [1.29, 1.82) is 0 Å². The maximum absolute atomic E-state index is 12.0. The summed E-state index contributed by atoms with van der Waals surface area (Å²) in [5, 5.41) is 0.427. The fourth-order valence-corrected chi connectivity index (χ4v) is 2.01. The molecule has 1 rings (SSSR count). The van der Waals surface area contributed by atoms with Crippen molar-refractivity contribution in [3.63, 3.8) is 0 Å². The Bertz CT molecular complexity index is 326. The fraction of sp³-hybridized carbons (Fsp3) is 0.250. The third kappa shape index (κ3) is 3.26. The lowest BCUT2D eigenvalue weighted by Gasteiger charge is -2.08. The van der Waals surface area contributed by atoms with Gasteiger partial charge in [0.1, 0.15) is 0 Å². The predicted octanol–water partition coefficient (Wildman–Crippen LogP) is 4.91. The Hall–Kier alpha value is -0.0600. The number of alkyl halides is 3. The highest BCUT2D eigenvalue weighted by atomic mass is 35.5. The van der Waals surface area contributed by atoms with E-state index in [2.05, 4.69) is 0 Å². The van der Waals surface area contributed by atoms with Crippen LogP contribution < -0.4 is 0 Å². The van der Waals surface area contributed by atoms with Gasteiger partial charge in [-0.25, -0.2) is 0 Å². The molecular formula is C8H5Cl2F3S. The lowest BCUT2D eigenvalue weighted by atomic mass is 10.2. The second-order valence-corrected chi connectivity index (χ2v) is 4.51. The molecule has 0 saturated heterocycles. The Kier molecular flexibility index (Phi) is 3.61. The maximum Gasteiger partial charge on any atom is 0.446 e. The van der Waals surface area contributed by atoms with E-state index >= 15 is 0 Å². The summed E-state index contributed by atoms with van der Waals surface area (Å²) >= 11 is 11.1. The normalized spacial score (nSPS) is 11.9. The largest absolute Gasteiger partial charge is 0.446 e. The summed E-state index contributed by atoms with van der Waals surface area (Å²) in [5.41, 5.74) is -3.77. The van der Waals surface area contributed by atoms with E-state index in [1.54, 1.807) is 6.92 Å². The predicted molar refractivity (Wildman–Crippen MR) is 53.1 cm³/mol. The molecule has 78 valence electrons. The molecular weight excluding hydrogens is 256 g/mol. The minimum atomic E-state index is -4.30. The van der Waals surface area contributed by atoms with Gasteiger partial charge in [-0.15, -0.1) is 0 Å². The van der Waals surface area contributed by atoms with Crippen LogP contribution in [0, 0.1) is 6.92 Å². The molecule has 0 unspecified atom stereocenters. The first-order valence-corrected chi connectivity index (χ1v) is 5.08. The van der Waals surface area contributed by atoms with Gasteiger partial charge in [0, 0.05) is 4.90 Å². The van der Waals surface area contributed by atoms with E-state index in [1.807, 2.05) is 0 Å². The highest BCUT2D eigenvalue weighted by molar-refractivity contribution is 8.00. The Labute approximate surface area is 93.4 Å². The number of halogens is 5. The van der Waals surface area contributed by atoms with E-state index in [9.17, 15) is 13.2 Å². The van der Waals surface area contributed by atoms with E-state index < -0.39 is 5.51 Å². The Morgan fingerprint density at radius 3 is 2.21 bits per heavy atom. The first kappa shape index (κ1) is 12.0. The summed E-state index contributed by atoms with van der Waals surface area (Å²) in [6.07, 6.45) is 0. The van der Waals surface area contributed by atoms with Crippen molar-refractivity contribution in [1.82, 2.24) is 0 Å². The summed E-state index contributed by atoms with van der Waals surface area (Å²) in [4.78, 5) is 0.0457. The van der Waals surface area contributed by atoms with Gasteiger partial charge in [0.25, 0.3) is 0 Å². The number of hydrogen-bond acceptors (Lipinski definition) is 1. The number of thioether (sulfide) groups is 1. The summed E-state index contributed by atoms with van der Waals surface area (Å²) < 4.78 is 36.0. The van der Waals surface area contributed by atoms with Crippen LogP contribution >= 0.6 is 35.0 Å². The zero-order valence-electron chi connectivity index (χ0n) is 6.95. The van der Waals surface area contributed by atoms with E-state index in [4.69, 9.17) is 23.2 Å². The van der Waals surface area contributed by atoms with Crippen molar-refractivity contribution >= 4 is 35.0 Å². The molecule has 1 aromatic carbocycles. The van der Waals surface area contributed by atoms with Gasteiger partial charge in [0.2, 0.25) is 0 Å². The van der Waals surface area contributed by atoms with Crippen LogP contribution in [0.25, 0.3) is 0 Å². The SMILES string of the molecule is Cc1cc(SC(F)(F)F)cc(Cl)c1Cl. The smallest absolute Gasteiger partial charge is 0.160 e. The summed E-state index contributed by atoms with van der Waals surface area (Å²) in [7, 11) is 0. The highest BCUT2D eigenvalue weighted by Crippen LogP contribution is 2.40. The molecule has 0 amide bonds. The van der Waals surface area contributed by atoms with Crippen LogP contribution in [0.15, 0.2) is 17.0 Å². The molecule has 0 aromatic heterocycles. The van der Waals surface area contributed by atoms with Crippen LogP contribution in [0.1, 0.15) is 5.56 Å². The topological polar surface area (TPSA) is 0 Å². The molecule has 0 aliphatic carbocycles. The number of aryl methyl sites for hydroxylation is 1. The molecule has 14 heavy (non-hydrogen) atoms. The fourth-order valence-electron chi connectivity index (χ4n) is 0.888. The first-order valence-electron chi connectivity index (χ1n) is 3.51. The molecule has 0 atom stereocenters. The molecule has 0 saturated carbocycles. The molecule has 0 N–H and O–H groups in total. The molecule has 0 radical (unpaired) electrons. The third-order valence-electron chi connectivity index (χ3n) is 1.42. The van der Waals surface area contributed by atoms with Crippen LogP contribution in [0.3, 0.4) is 0 Å². The minimum Gasteiger partial charge on any atom is -0.160 e. The van der Waals surface area contributed by atoms with Crippen molar-refractivity contribution in [3.05, 3.63) is 27.7 Å². The standard InChI is InChI=1S/C8H5Cl2F3S/c1-4-2-5(14-8(11,12)13)3-6(9)7(4)10/h2-3H,1H3. The molecule has 0 fully saturated rings. The van der Waals surface area contributed by atoms with Crippen molar-refractivity contribution < 1.29 is 13.2 Å². The van der Waals surface area contributed by atoms with Gasteiger partial charge < -0.3 is 0 Å². The first-order chi connectivity index (χ1) is 6.29. The van der Waals surface area contributed by atoms with Crippen molar-refractivity contribution in [2.75, 3.05) is 0 Å². The third-order valence-corrected chi connectivity index (χ3v) is 3.02. The lowest BCUT2D eigenvalue weighted by molar-refractivity contribution is -0.0328. The van der Waals surface area contributed by atoms with Crippen LogP contribution in [-0.2, 0) is 0 Å². The molecule has 0 nitrogen and oxygen atoms in total. The van der Waals surface area contributed by atoms with Crippen molar-refractivity contribution in [3.8, 4) is 0 Å². The molecule has 0 bridgehead atoms. The summed E-state index contributed by atoms with van der Waals surface area (Å²) in [5.74, 6) is 0. The van der Waals surface area contributed by atoms with E-state index in [0.29, 0.717) is 5.56 Å². The second-order valence-electron chi connectivity index (χ2n) is 2.58.